The number of esters is 2. The topological polar surface area (TPSA) is 52.6 Å². The van der Waals surface area contributed by atoms with Crippen molar-refractivity contribution >= 4 is 11.9 Å². The van der Waals surface area contributed by atoms with Crippen LogP contribution in [0.2, 0.25) is 0 Å². The third-order valence-electron chi connectivity index (χ3n) is 3.57. The van der Waals surface area contributed by atoms with Crippen LogP contribution in [-0.4, -0.2) is 24.6 Å². The third-order valence-corrected chi connectivity index (χ3v) is 3.57. The Bertz CT molecular complexity index is 574. The van der Waals surface area contributed by atoms with Gasteiger partial charge in [0, 0.05) is 12.0 Å². The van der Waals surface area contributed by atoms with Gasteiger partial charge in [-0.15, -0.1) is 0 Å². The van der Waals surface area contributed by atoms with E-state index < -0.39 is 17.5 Å². The fourth-order valence-electron chi connectivity index (χ4n) is 2.49. The smallest absolute Gasteiger partial charge is 0.355 e. The summed E-state index contributed by atoms with van der Waals surface area (Å²) in [6.07, 6.45) is 5.38. The summed E-state index contributed by atoms with van der Waals surface area (Å²) in [5.41, 5.74) is -0.401. The number of carbonyl (C=O) groups is 2. The first kappa shape index (κ1) is 15.0. The normalized spacial score (nSPS) is 21.1. The summed E-state index contributed by atoms with van der Waals surface area (Å²) in [7, 11) is 1.29. The van der Waals surface area contributed by atoms with Crippen LogP contribution < -0.4 is 0 Å². The van der Waals surface area contributed by atoms with Gasteiger partial charge < -0.3 is 9.47 Å². The van der Waals surface area contributed by atoms with Crippen LogP contribution in [0.4, 0.5) is 0 Å². The molecule has 0 amide bonds. The molecule has 0 radical (unpaired) electrons. The minimum Gasteiger partial charge on any atom is -0.466 e. The summed E-state index contributed by atoms with van der Waals surface area (Å²) in [6, 6.07) is 8.59. The summed E-state index contributed by atoms with van der Waals surface area (Å²) in [5, 5.41) is 0. The molecule has 0 saturated heterocycles. The summed E-state index contributed by atoms with van der Waals surface area (Å²) in [6.45, 7) is 3.71. The molecule has 0 bridgehead atoms. The molecular weight excluding hydrogens is 268 g/mol. The van der Waals surface area contributed by atoms with E-state index in [-0.39, 0.29) is 0 Å². The van der Waals surface area contributed by atoms with E-state index in [1.165, 1.54) is 7.11 Å². The van der Waals surface area contributed by atoms with E-state index in [9.17, 15) is 9.59 Å². The summed E-state index contributed by atoms with van der Waals surface area (Å²) >= 11 is 0. The molecule has 4 nitrogen and oxygen atoms in total. The zero-order chi connectivity index (χ0) is 15.3. The van der Waals surface area contributed by atoms with Crippen molar-refractivity contribution in [1.82, 2.24) is 0 Å². The van der Waals surface area contributed by atoms with Gasteiger partial charge in [0.2, 0.25) is 5.60 Å². The van der Waals surface area contributed by atoms with Crippen molar-refractivity contribution < 1.29 is 19.1 Å². The second kappa shape index (κ2) is 6.39. The molecule has 1 atom stereocenters. The number of hydrogen-bond acceptors (Lipinski definition) is 4. The third kappa shape index (κ3) is 2.89. The Labute approximate surface area is 124 Å². The molecule has 0 heterocycles. The van der Waals surface area contributed by atoms with Gasteiger partial charge in [-0.2, -0.15) is 0 Å². The summed E-state index contributed by atoms with van der Waals surface area (Å²) in [4.78, 5) is 24.5. The van der Waals surface area contributed by atoms with Gasteiger partial charge in [-0.05, 0) is 25.0 Å². The molecule has 21 heavy (non-hydrogen) atoms. The molecule has 0 aromatic heterocycles. The fraction of sp³-hybridized carbons (Fsp3) is 0.294. The second-order valence-corrected chi connectivity index (χ2v) is 4.83. The first-order valence-electron chi connectivity index (χ1n) is 6.84. The molecule has 2 rings (SSSR count). The standard InChI is InChI=1S/C17H18O4/c1-3-14-11-7-8-12-17(14,16(19)20-2)21-15(18)13-9-5-4-6-10-13/h3-6,9-11H,1,7-8,12H2,2H3/t17-/m1/s1. The number of rotatable bonds is 4. The van der Waals surface area contributed by atoms with Gasteiger partial charge >= 0.3 is 11.9 Å². The number of ether oxygens (including phenoxy) is 2. The molecular formula is C17H18O4. The van der Waals surface area contributed by atoms with E-state index in [4.69, 9.17) is 9.47 Å². The Morgan fingerprint density at radius 3 is 2.62 bits per heavy atom. The van der Waals surface area contributed by atoms with Gasteiger partial charge in [-0.25, -0.2) is 9.59 Å². The molecule has 1 aliphatic rings. The fourth-order valence-corrected chi connectivity index (χ4v) is 2.49. The van der Waals surface area contributed by atoms with Crippen molar-refractivity contribution in [2.75, 3.05) is 7.11 Å². The van der Waals surface area contributed by atoms with Gasteiger partial charge in [0.15, 0.2) is 0 Å². The van der Waals surface area contributed by atoms with Crippen LogP contribution in [0.3, 0.4) is 0 Å². The first-order valence-corrected chi connectivity index (χ1v) is 6.84. The van der Waals surface area contributed by atoms with Crippen LogP contribution in [0.1, 0.15) is 29.6 Å². The lowest BCUT2D eigenvalue weighted by atomic mass is 9.82. The van der Waals surface area contributed by atoms with Crippen molar-refractivity contribution in [2.45, 2.75) is 24.9 Å². The SMILES string of the molecule is C=CC1=CCCC[C@]1(OC(=O)c1ccccc1)C(=O)OC. The quantitative estimate of drug-likeness (QED) is 0.798. The minimum absolute atomic E-state index is 0.398. The van der Waals surface area contributed by atoms with Crippen LogP contribution in [0, 0.1) is 0 Å². The van der Waals surface area contributed by atoms with E-state index in [1.54, 1.807) is 30.3 Å². The summed E-state index contributed by atoms with van der Waals surface area (Å²) < 4.78 is 10.4. The van der Waals surface area contributed by atoms with Crippen molar-refractivity contribution in [3.63, 3.8) is 0 Å². The summed E-state index contributed by atoms with van der Waals surface area (Å²) in [5.74, 6) is -1.12. The van der Waals surface area contributed by atoms with Gasteiger partial charge in [0.25, 0.3) is 0 Å². The highest BCUT2D eigenvalue weighted by Gasteiger charge is 2.47. The van der Waals surface area contributed by atoms with Gasteiger partial charge in [-0.1, -0.05) is 36.9 Å². The predicted octanol–water partition coefficient (Wildman–Crippen LogP) is 3.05. The molecule has 0 spiro atoms. The average Bonchev–Trinajstić information content (AvgIpc) is 2.55. The maximum Gasteiger partial charge on any atom is 0.355 e. The van der Waals surface area contributed by atoms with Crippen molar-refractivity contribution in [3.8, 4) is 0 Å². The molecule has 1 aliphatic carbocycles. The van der Waals surface area contributed by atoms with Crippen LogP contribution in [0.25, 0.3) is 0 Å². The highest BCUT2D eigenvalue weighted by molar-refractivity contribution is 5.94. The zero-order valence-corrected chi connectivity index (χ0v) is 12.0. The lowest BCUT2D eigenvalue weighted by Gasteiger charge is -2.34. The van der Waals surface area contributed by atoms with E-state index in [0.29, 0.717) is 17.6 Å². The Kier molecular flexibility index (Phi) is 4.58. The zero-order valence-electron chi connectivity index (χ0n) is 12.0. The number of allylic oxidation sites excluding steroid dienone is 1. The maximum atomic E-state index is 12.3. The van der Waals surface area contributed by atoms with E-state index in [1.807, 2.05) is 12.1 Å². The van der Waals surface area contributed by atoms with E-state index in [0.717, 1.165) is 12.8 Å². The molecule has 4 heteroatoms. The second-order valence-electron chi connectivity index (χ2n) is 4.83. The first-order chi connectivity index (χ1) is 10.1. The Hall–Kier alpha value is -2.36. The Balaban J connectivity index is 2.36. The van der Waals surface area contributed by atoms with Crippen LogP contribution in [0.5, 0.6) is 0 Å². The lowest BCUT2D eigenvalue weighted by Crippen LogP contribution is -2.46. The molecule has 1 aromatic rings. The largest absolute Gasteiger partial charge is 0.466 e. The molecule has 1 aromatic carbocycles. The predicted molar refractivity (Wildman–Crippen MR) is 78.7 cm³/mol. The molecule has 0 N–H and O–H groups in total. The number of carbonyl (C=O) groups excluding carboxylic acids is 2. The number of methoxy groups -OCH3 is 1. The minimum atomic E-state index is -1.39. The Morgan fingerprint density at radius 2 is 2.00 bits per heavy atom. The van der Waals surface area contributed by atoms with Gasteiger partial charge in [-0.3, -0.25) is 0 Å². The van der Waals surface area contributed by atoms with Crippen molar-refractivity contribution in [3.05, 3.63) is 60.2 Å². The van der Waals surface area contributed by atoms with E-state index >= 15 is 0 Å². The molecule has 0 saturated carbocycles. The lowest BCUT2D eigenvalue weighted by molar-refractivity contribution is -0.159. The average molecular weight is 286 g/mol. The monoisotopic (exact) mass is 286 g/mol. The van der Waals surface area contributed by atoms with Gasteiger partial charge in [0.1, 0.15) is 0 Å². The van der Waals surface area contributed by atoms with Crippen LogP contribution in [0.15, 0.2) is 54.6 Å². The molecule has 110 valence electrons. The van der Waals surface area contributed by atoms with Crippen LogP contribution in [-0.2, 0) is 14.3 Å². The van der Waals surface area contributed by atoms with E-state index in [2.05, 4.69) is 6.58 Å². The Morgan fingerprint density at radius 1 is 1.29 bits per heavy atom. The number of benzene rings is 1. The van der Waals surface area contributed by atoms with Crippen LogP contribution >= 0.6 is 0 Å². The van der Waals surface area contributed by atoms with Crippen molar-refractivity contribution in [1.29, 1.82) is 0 Å². The molecule has 0 aliphatic heterocycles. The maximum absolute atomic E-state index is 12.3. The highest BCUT2D eigenvalue weighted by Crippen LogP contribution is 2.35. The molecule has 0 unspecified atom stereocenters. The highest BCUT2D eigenvalue weighted by atomic mass is 16.6. The van der Waals surface area contributed by atoms with Gasteiger partial charge in [0.05, 0.1) is 12.7 Å². The molecule has 0 fully saturated rings. The number of hydrogen-bond donors (Lipinski definition) is 0. The van der Waals surface area contributed by atoms with Crippen molar-refractivity contribution in [2.24, 2.45) is 0 Å².